The largest absolute Gasteiger partial charge is 0.490 e. The zero-order valence-corrected chi connectivity index (χ0v) is 16.7. The molecule has 1 N–H and O–H groups in total. The van der Waals surface area contributed by atoms with Gasteiger partial charge in [0, 0.05) is 49.1 Å². The third kappa shape index (κ3) is 3.87. The highest BCUT2D eigenvalue weighted by Gasteiger charge is 2.44. The molecule has 1 aromatic carbocycles. The number of hydrogen-bond acceptors (Lipinski definition) is 5. The lowest BCUT2D eigenvalue weighted by Crippen LogP contribution is -2.48. The molecule has 0 saturated carbocycles. The number of sulfone groups is 1. The van der Waals surface area contributed by atoms with Crippen molar-refractivity contribution < 1.29 is 23.1 Å². The molecule has 4 rings (SSSR count). The van der Waals surface area contributed by atoms with Crippen molar-refractivity contribution in [3.8, 4) is 11.4 Å². The van der Waals surface area contributed by atoms with Crippen LogP contribution >= 0.6 is 0 Å². The Morgan fingerprint density at radius 3 is 2.24 bits per heavy atom. The van der Waals surface area contributed by atoms with Crippen molar-refractivity contribution in [2.75, 3.05) is 6.26 Å². The minimum atomic E-state index is -3.30. The second kappa shape index (κ2) is 7.22. The van der Waals surface area contributed by atoms with E-state index in [1.54, 1.807) is 24.4 Å². The van der Waals surface area contributed by atoms with Crippen molar-refractivity contribution in [1.29, 1.82) is 0 Å². The summed E-state index contributed by atoms with van der Waals surface area (Å²) in [6.45, 7) is 0. The van der Waals surface area contributed by atoms with Gasteiger partial charge in [-0.2, -0.15) is 0 Å². The first-order valence-corrected chi connectivity index (χ1v) is 11.3. The molecule has 2 saturated heterocycles. The quantitative estimate of drug-likeness (QED) is 0.817. The molecule has 1 aromatic heterocycles. The van der Waals surface area contributed by atoms with E-state index in [4.69, 9.17) is 4.74 Å². The Bertz CT molecular complexity index is 1080. The van der Waals surface area contributed by atoms with Crippen LogP contribution in [0.4, 0.5) is 4.79 Å². The molecule has 2 bridgehead atoms. The Morgan fingerprint density at radius 2 is 1.72 bits per heavy atom. The van der Waals surface area contributed by atoms with E-state index < -0.39 is 15.9 Å². The van der Waals surface area contributed by atoms with Crippen LogP contribution in [0.2, 0.25) is 0 Å². The molecule has 3 heterocycles. The van der Waals surface area contributed by atoms with E-state index in [2.05, 4.69) is 0 Å². The van der Waals surface area contributed by atoms with Gasteiger partial charge in [-0.3, -0.25) is 9.36 Å². The number of piperidine rings is 1. The summed E-state index contributed by atoms with van der Waals surface area (Å²) >= 11 is 0. The average Bonchev–Trinajstić information content (AvgIpc) is 2.93. The van der Waals surface area contributed by atoms with Crippen LogP contribution in [0.1, 0.15) is 25.7 Å². The first-order valence-electron chi connectivity index (χ1n) is 9.43. The van der Waals surface area contributed by atoms with Crippen molar-refractivity contribution in [3.05, 3.63) is 52.9 Å². The van der Waals surface area contributed by atoms with Crippen LogP contribution in [0.25, 0.3) is 5.69 Å². The minimum absolute atomic E-state index is 0.0232. The Balaban J connectivity index is 1.49. The van der Waals surface area contributed by atoms with Crippen LogP contribution in [-0.2, 0) is 9.84 Å². The topological polar surface area (TPSA) is 106 Å². The second-order valence-corrected chi connectivity index (χ2v) is 9.64. The Labute approximate surface area is 168 Å². The summed E-state index contributed by atoms with van der Waals surface area (Å²) in [5.74, 6) is 0.451. The standard InChI is InChI=1S/C20H22N2O6S/c1-29(26,27)18-6-4-13(5-7-18)21-9-8-16(12-19(21)23)28-17-10-14-2-3-15(11-17)22(14)20(24)25/h4-9,12,14-15,17H,2-3,10-11H2,1H3,(H,24,25). The van der Waals surface area contributed by atoms with Crippen molar-refractivity contribution >= 4 is 15.9 Å². The lowest BCUT2D eigenvalue weighted by molar-refractivity contribution is 0.0495. The van der Waals surface area contributed by atoms with E-state index in [9.17, 15) is 23.1 Å². The first kappa shape index (κ1) is 19.5. The van der Waals surface area contributed by atoms with Gasteiger partial charge in [-0.05, 0) is 43.2 Å². The summed E-state index contributed by atoms with van der Waals surface area (Å²) in [6.07, 6.45) is 4.68. The zero-order chi connectivity index (χ0) is 20.8. The highest BCUT2D eigenvalue weighted by molar-refractivity contribution is 7.90. The lowest BCUT2D eigenvalue weighted by Gasteiger charge is -2.37. The highest BCUT2D eigenvalue weighted by atomic mass is 32.2. The molecule has 2 aliphatic rings. The highest BCUT2D eigenvalue weighted by Crippen LogP contribution is 2.37. The van der Waals surface area contributed by atoms with Gasteiger partial charge in [-0.15, -0.1) is 0 Å². The monoisotopic (exact) mass is 418 g/mol. The van der Waals surface area contributed by atoms with Crippen LogP contribution in [0.15, 0.2) is 52.3 Å². The lowest BCUT2D eigenvalue weighted by atomic mass is 10.0. The number of amides is 1. The van der Waals surface area contributed by atoms with Crippen LogP contribution in [0, 0.1) is 0 Å². The van der Waals surface area contributed by atoms with Crippen molar-refractivity contribution in [2.24, 2.45) is 0 Å². The summed E-state index contributed by atoms with van der Waals surface area (Å²) in [7, 11) is -3.30. The zero-order valence-electron chi connectivity index (χ0n) is 15.9. The van der Waals surface area contributed by atoms with E-state index in [-0.39, 0.29) is 28.6 Å². The molecule has 2 aromatic rings. The van der Waals surface area contributed by atoms with E-state index in [1.807, 2.05) is 0 Å². The van der Waals surface area contributed by atoms with Gasteiger partial charge in [0.2, 0.25) is 0 Å². The summed E-state index contributed by atoms with van der Waals surface area (Å²) in [5.41, 5.74) is 0.266. The van der Waals surface area contributed by atoms with Crippen LogP contribution in [-0.4, -0.2) is 53.5 Å². The van der Waals surface area contributed by atoms with Gasteiger partial charge < -0.3 is 14.7 Å². The number of nitrogens with zero attached hydrogens (tertiary/aromatic N) is 2. The third-order valence-corrected chi connectivity index (χ3v) is 6.78. The summed E-state index contributed by atoms with van der Waals surface area (Å²) in [5, 5.41) is 9.34. The average molecular weight is 418 g/mol. The second-order valence-electron chi connectivity index (χ2n) is 7.62. The molecule has 9 heteroatoms. The molecule has 0 radical (unpaired) electrons. The minimum Gasteiger partial charge on any atom is -0.490 e. The molecule has 2 unspecified atom stereocenters. The first-order chi connectivity index (χ1) is 13.7. The van der Waals surface area contributed by atoms with E-state index in [1.165, 1.54) is 27.7 Å². The van der Waals surface area contributed by atoms with Gasteiger partial charge in [-0.25, -0.2) is 13.2 Å². The number of benzene rings is 1. The number of hydrogen-bond donors (Lipinski definition) is 1. The maximum Gasteiger partial charge on any atom is 0.407 e. The summed E-state index contributed by atoms with van der Waals surface area (Å²) in [6, 6.07) is 9.14. The Morgan fingerprint density at radius 1 is 1.10 bits per heavy atom. The molecule has 2 aliphatic heterocycles. The van der Waals surface area contributed by atoms with Gasteiger partial charge in [-0.1, -0.05) is 0 Å². The van der Waals surface area contributed by atoms with Gasteiger partial charge in [0.15, 0.2) is 9.84 Å². The Kier molecular flexibility index (Phi) is 4.85. The van der Waals surface area contributed by atoms with Crippen LogP contribution in [0.5, 0.6) is 5.75 Å². The number of carboxylic acid groups (broad SMARTS) is 1. The molecule has 0 spiro atoms. The molecule has 2 fully saturated rings. The fourth-order valence-corrected chi connectivity index (χ4v) is 4.96. The van der Waals surface area contributed by atoms with E-state index in [0.29, 0.717) is 24.3 Å². The van der Waals surface area contributed by atoms with Gasteiger partial charge >= 0.3 is 6.09 Å². The maximum atomic E-state index is 12.5. The van der Waals surface area contributed by atoms with Gasteiger partial charge in [0.05, 0.1) is 4.90 Å². The number of rotatable bonds is 4. The number of fused-ring (bicyclic) bond motifs is 2. The summed E-state index contributed by atoms with van der Waals surface area (Å²) < 4.78 is 30.5. The SMILES string of the molecule is CS(=O)(=O)c1ccc(-n2ccc(OC3CC4CCC(C3)N4C(=O)O)cc2=O)cc1. The fourth-order valence-electron chi connectivity index (χ4n) is 4.33. The molecule has 0 aliphatic carbocycles. The molecule has 2 atom stereocenters. The number of aromatic nitrogens is 1. The van der Waals surface area contributed by atoms with Crippen molar-refractivity contribution in [1.82, 2.24) is 9.47 Å². The van der Waals surface area contributed by atoms with Crippen LogP contribution < -0.4 is 10.3 Å². The predicted octanol–water partition coefficient (Wildman–Crippen LogP) is 2.29. The fraction of sp³-hybridized carbons (Fsp3) is 0.400. The summed E-state index contributed by atoms with van der Waals surface area (Å²) in [4.78, 5) is 25.6. The predicted molar refractivity (Wildman–Crippen MR) is 105 cm³/mol. The normalized spacial score (nSPS) is 23.8. The molecule has 154 valence electrons. The van der Waals surface area contributed by atoms with Crippen molar-refractivity contribution in [3.63, 3.8) is 0 Å². The third-order valence-electron chi connectivity index (χ3n) is 5.65. The molecular formula is C20H22N2O6S. The molecule has 1 amide bonds. The number of pyridine rings is 1. The molecular weight excluding hydrogens is 396 g/mol. The van der Waals surface area contributed by atoms with Gasteiger partial charge in [0.1, 0.15) is 11.9 Å². The number of carbonyl (C=O) groups is 1. The number of ether oxygens (including phenoxy) is 1. The van der Waals surface area contributed by atoms with E-state index >= 15 is 0 Å². The molecule has 29 heavy (non-hydrogen) atoms. The van der Waals surface area contributed by atoms with Crippen molar-refractivity contribution in [2.45, 2.75) is 48.8 Å². The smallest absolute Gasteiger partial charge is 0.407 e. The molecule has 8 nitrogen and oxygen atoms in total. The Hall–Kier alpha value is -2.81. The van der Waals surface area contributed by atoms with Gasteiger partial charge in [0.25, 0.3) is 5.56 Å². The maximum absolute atomic E-state index is 12.5. The van der Waals surface area contributed by atoms with E-state index in [0.717, 1.165) is 19.1 Å². The van der Waals surface area contributed by atoms with Crippen LogP contribution in [0.3, 0.4) is 0 Å².